The summed E-state index contributed by atoms with van der Waals surface area (Å²) in [7, 11) is 0. The van der Waals surface area contributed by atoms with E-state index in [1.165, 1.54) is 29.5 Å². The third-order valence-electron chi connectivity index (χ3n) is 3.36. The van der Waals surface area contributed by atoms with Crippen LogP contribution in [0.2, 0.25) is 5.02 Å². The van der Waals surface area contributed by atoms with Gasteiger partial charge >= 0.3 is 0 Å². The minimum absolute atomic E-state index is 0.233. The average molecular weight is 250 g/mol. The molecule has 0 amide bonds. The van der Waals surface area contributed by atoms with E-state index in [2.05, 4.69) is 25.1 Å². The first-order valence-corrected chi connectivity index (χ1v) is 6.73. The Labute approximate surface area is 109 Å². The highest BCUT2D eigenvalue weighted by Crippen LogP contribution is 2.25. The molecule has 2 rings (SSSR count). The van der Waals surface area contributed by atoms with Crippen molar-refractivity contribution in [3.63, 3.8) is 0 Å². The molecule has 0 spiro atoms. The lowest BCUT2D eigenvalue weighted by Gasteiger charge is -2.09. The topological polar surface area (TPSA) is 26.0 Å². The van der Waals surface area contributed by atoms with E-state index < -0.39 is 0 Å². The minimum Gasteiger partial charge on any atom is -0.324 e. The molecule has 1 aliphatic rings. The summed E-state index contributed by atoms with van der Waals surface area (Å²) in [6.07, 6.45) is 7.96. The highest BCUT2D eigenvalue weighted by Gasteiger charge is 2.10. The molecule has 1 aromatic carbocycles. The largest absolute Gasteiger partial charge is 0.324 e. The summed E-state index contributed by atoms with van der Waals surface area (Å²) in [4.78, 5) is 0. The van der Waals surface area contributed by atoms with Crippen molar-refractivity contribution in [2.75, 3.05) is 0 Å². The zero-order valence-electron chi connectivity index (χ0n) is 10.4. The molecular weight excluding hydrogens is 230 g/mol. The maximum absolute atomic E-state index is 6.27. The molecule has 0 bridgehead atoms. The van der Waals surface area contributed by atoms with Gasteiger partial charge in [-0.2, -0.15) is 0 Å². The third-order valence-corrected chi connectivity index (χ3v) is 3.71. The molecule has 0 heterocycles. The summed E-state index contributed by atoms with van der Waals surface area (Å²) >= 11 is 6.27. The SMILES string of the molecule is Cc1ccc(CC2=CC(N)CCCC2)c(Cl)c1. The second kappa shape index (κ2) is 5.70. The van der Waals surface area contributed by atoms with Crippen molar-refractivity contribution in [2.45, 2.75) is 45.1 Å². The number of hydrogen-bond acceptors (Lipinski definition) is 1. The molecule has 17 heavy (non-hydrogen) atoms. The lowest BCUT2D eigenvalue weighted by atomic mass is 10.00. The summed E-state index contributed by atoms with van der Waals surface area (Å²) in [5.41, 5.74) is 9.91. The fourth-order valence-corrected chi connectivity index (χ4v) is 2.69. The van der Waals surface area contributed by atoms with E-state index in [1.807, 2.05) is 6.07 Å². The van der Waals surface area contributed by atoms with Crippen molar-refractivity contribution in [1.29, 1.82) is 0 Å². The first kappa shape index (κ1) is 12.7. The Morgan fingerprint density at radius 3 is 2.94 bits per heavy atom. The Bertz CT molecular complexity index is 423. The molecule has 1 unspecified atom stereocenters. The van der Waals surface area contributed by atoms with Crippen molar-refractivity contribution in [2.24, 2.45) is 5.73 Å². The van der Waals surface area contributed by atoms with Crippen molar-refractivity contribution in [3.05, 3.63) is 46.0 Å². The standard InChI is InChI=1S/C15H20ClN/c1-11-6-7-13(15(16)8-11)9-12-4-2-3-5-14(17)10-12/h6-8,10,14H,2-5,9,17H2,1H3. The number of nitrogens with two attached hydrogens (primary N) is 1. The monoisotopic (exact) mass is 249 g/mol. The summed E-state index contributed by atoms with van der Waals surface area (Å²) in [6.45, 7) is 2.07. The van der Waals surface area contributed by atoms with E-state index in [-0.39, 0.29) is 6.04 Å². The number of hydrogen-bond donors (Lipinski definition) is 1. The van der Waals surface area contributed by atoms with Gasteiger partial charge in [0, 0.05) is 11.1 Å². The summed E-state index contributed by atoms with van der Waals surface area (Å²) in [5, 5.41) is 0.878. The zero-order valence-corrected chi connectivity index (χ0v) is 11.1. The van der Waals surface area contributed by atoms with Gasteiger partial charge in [0.25, 0.3) is 0 Å². The predicted octanol–water partition coefficient (Wildman–Crippen LogP) is 4.02. The van der Waals surface area contributed by atoms with Crippen LogP contribution in [0.15, 0.2) is 29.8 Å². The summed E-state index contributed by atoms with van der Waals surface area (Å²) < 4.78 is 0. The molecule has 1 atom stereocenters. The maximum atomic E-state index is 6.27. The van der Waals surface area contributed by atoms with Crippen molar-refractivity contribution in [1.82, 2.24) is 0 Å². The van der Waals surface area contributed by atoms with Crippen LogP contribution in [-0.4, -0.2) is 6.04 Å². The molecule has 2 heteroatoms. The predicted molar refractivity (Wildman–Crippen MR) is 74.4 cm³/mol. The lowest BCUT2D eigenvalue weighted by Crippen LogP contribution is -2.16. The Hall–Kier alpha value is -0.790. The van der Waals surface area contributed by atoms with Crippen molar-refractivity contribution < 1.29 is 0 Å². The van der Waals surface area contributed by atoms with Crippen LogP contribution in [0.4, 0.5) is 0 Å². The van der Waals surface area contributed by atoms with Gasteiger partial charge in [-0.25, -0.2) is 0 Å². The van der Waals surface area contributed by atoms with Gasteiger partial charge in [0.1, 0.15) is 0 Å². The van der Waals surface area contributed by atoms with E-state index in [0.717, 1.165) is 24.3 Å². The number of halogens is 1. The molecule has 2 N–H and O–H groups in total. The Kier molecular flexibility index (Phi) is 4.25. The molecule has 0 saturated heterocycles. The fourth-order valence-electron chi connectivity index (χ4n) is 2.39. The highest BCUT2D eigenvalue weighted by atomic mass is 35.5. The van der Waals surface area contributed by atoms with Crippen LogP contribution in [0.1, 0.15) is 36.8 Å². The molecule has 0 aromatic heterocycles. The number of benzene rings is 1. The van der Waals surface area contributed by atoms with Crippen LogP contribution in [0, 0.1) is 6.92 Å². The molecule has 1 aliphatic carbocycles. The van der Waals surface area contributed by atoms with Crippen LogP contribution in [0.3, 0.4) is 0 Å². The Morgan fingerprint density at radius 1 is 1.35 bits per heavy atom. The van der Waals surface area contributed by atoms with Gasteiger partial charge in [-0.15, -0.1) is 0 Å². The normalized spacial score (nSPS) is 20.9. The van der Waals surface area contributed by atoms with E-state index in [4.69, 9.17) is 17.3 Å². The van der Waals surface area contributed by atoms with Gasteiger partial charge < -0.3 is 5.73 Å². The van der Waals surface area contributed by atoms with Gasteiger partial charge in [0.05, 0.1) is 0 Å². The Morgan fingerprint density at radius 2 is 2.18 bits per heavy atom. The van der Waals surface area contributed by atoms with Crippen molar-refractivity contribution in [3.8, 4) is 0 Å². The summed E-state index contributed by atoms with van der Waals surface area (Å²) in [6, 6.07) is 6.53. The van der Waals surface area contributed by atoms with Crippen LogP contribution in [0.25, 0.3) is 0 Å². The van der Waals surface area contributed by atoms with Crippen molar-refractivity contribution >= 4 is 11.6 Å². The molecule has 1 aromatic rings. The second-order valence-electron chi connectivity index (χ2n) is 5.01. The van der Waals surface area contributed by atoms with E-state index >= 15 is 0 Å². The molecule has 92 valence electrons. The van der Waals surface area contributed by atoms with Crippen LogP contribution < -0.4 is 5.73 Å². The molecule has 0 aliphatic heterocycles. The molecular formula is C15H20ClN. The van der Waals surface area contributed by atoms with Gasteiger partial charge in [0.2, 0.25) is 0 Å². The highest BCUT2D eigenvalue weighted by molar-refractivity contribution is 6.31. The number of aryl methyl sites for hydroxylation is 1. The molecule has 0 radical (unpaired) electrons. The lowest BCUT2D eigenvalue weighted by molar-refractivity contribution is 0.654. The van der Waals surface area contributed by atoms with E-state index in [1.54, 1.807) is 0 Å². The zero-order chi connectivity index (χ0) is 12.3. The average Bonchev–Trinajstić information content (AvgIpc) is 2.47. The summed E-state index contributed by atoms with van der Waals surface area (Å²) in [5.74, 6) is 0. The van der Waals surface area contributed by atoms with Gasteiger partial charge in [-0.05, 0) is 49.8 Å². The van der Waals surface area contributed by atoms with E-state index in [0.29, 0.717) is 0 Å². The molecule has 0 saturated carbocycles. The Balaban J connectivity index is 2.14. The van der Waals surface area contributed by atoms with Gasteiger partial charge in [0.15, 0.2) is 0 Å². The smallest absolute Gasteiger partial charge is 0.0443 e. The van der Waals surface area contributed by atoms with Gasteiger partial charge in [-0.1, -0.05) is 41.8 Å². The van der Waals surface area contributed by atoms with Gasteiger partial charge in [-0.3, -0.25) is 0 Å². The van der Waals surface area contributed by atoms with Crippen LogP contribution in [0.5, 0.6) is 0 Å². The second-order valence-corrected chi connectivity index (χ2v) is 5.41. The maximum Gasteiger partial charge on any atom is 0.0443 e. The van der Waals surface area contributed by atoms with Crippen LogP contribution in [-0.2, 0) is 6.42 Å². The minimum atomic E-state index is 0.233. The van der Waals surface area contributed by atoms with Crippen LogP contribution >= 0.6 is 11.6 Å². The first-order chi connectivity index (χ1) is 8.15. The third kappa shape index (κ3) is 3.58. The molecule has 1 nitrogen and oxygen atoms in total. The quantitative estimate of drug-likeness (QED) is 0.788. The number of rotatable bonds is 2. The van der Waals surface area contributed by atoms with E-state index in [9.17, 15) is 0 Å². The molecule has 0 fully saturated rings. The first-order valence-electron chi connectivity index (χ1n) is 6.35. The fraction of sp³-hybridized carbons (Fsp3) is 0.467. The number of allylic oxidation sites excluding steroid dienone is 1.